The fourth-order valence-electron chi connectivity index (χ4n) is 5.14. The molecule has 7 nitrogen and oxygen atoms in total. The number of ether oxygens (including phenoxy) is 1. The highest BCUT2D eigenvalue weighted by Crippen LogP contribution is 2.44. The summed E-state index contributed by atoms with van der Waals surface area (Å²) in [5.41, 5.74) is 1.81. The number of morpholine rings is 1. The number of amides is 1. The second-order valence-corrected chi connectivity index (χ2v) is 8.29. The standard InChI is InChI=1S/C22H27N5O2.ClH/c1-25-13-17-14-27(15-18(17)21(25)16-5-3-2-4-6-16)20-12-23-11-19(24-20)22(28)26-7-9-29-10-8-26;/h2-6,11-12,17-18,21H,7-10,13-15H2,1H3;1H/t17-,18+,21-;/m0./s1. The number of halogens is 1. The molecule has 1 aromatic carbocycles. The van der Waals surface area contributed by atoms with Gasteiger partial charge in [-0.3, -0.25) is 14.7 Å². The number of anilines is 1. The van der Waals surface area contributed by atoms with Crippen LogP contribution in [-0.2, 0) is 4.74 Å². The van der Waals surface area contributed by atoms with E-state index < -0.39 is 0 Å². The molecular formula is C22H28ClN5O2. The molecule has 0 radical (unpaired) electrons. The highest BCUT2D eigenvalue weighted by molar-refractivity contribution is 5.92. The van der Waals surface area contributed by atoms with E-state index in [1.165, 1.54) is 5.56 Å². The van der Waals surface area contributed by atoms with Gasteiger partial charge in [0.05, 0.1) is 25.6 Å². The number of fused-ring (bicyclic) bond motifs is 1. The van der Waals surface area contributed by atoms with Crippen LogP contribution in [-0.4, -0.2) is 78.7 Å². The number of likely N-dealkylation sites (tertiary alicyclic amines) is 1. The van der Waals surface area contributed by atoms with Crippen LogP contribution in [0.25, 0.3) is 0 Å². The maximum absolute atomic E-state index is 12.8. The number of carbonyl (C=O) groups excluding carboxylic acids is 1. The molecule has 160 valence electrons. The van der Waals surface area contributed by atoms with Gasteiger partial charge < -0.3 is 14.5 Å². The smallest absolute Gasteiger partial charge is 0.274 e. The first-order valence-electron chi connectivity index (χ1n) is 10.4. The Balaban J connectivity index is 0.00000218. The highest BCUT2D eigenvalue weighted by atomic mass is 35.5. The number of hydrogen-bond acceptors (Lipinski definition) is 6. The largest absolute Gasteiger partial charge is 0.378 e. The van der Waals surface area contributed by atoms with Crippen LogP contribution in [0.5, 0.6) is 0 Å². The first-order valence-corrected chi connectivity index (χ1v) is 10.4. The molecule has 4 heterocycles. The van der Waals surface area contributed by atoms with E-state index >= 15 is 0 Å². The Labute approximate surface area is 183 Å². The number of carbonyl (C=O) groups is 1. The first kappa shape index (κ1) is 21.0. The number of rotatable bonds is 3. The van der Waals surface area contributed by atoms with E-state index in [2.05, 4.69) is 52.2 Å². The summed E-state index contributed by atoms with van der Waals surface area (Å²) in [6.07, 6.45) is 3.37. The van der Waals surface area contributed by atoms with Crippen molar-refractivity contribution in [1.29, 1.82) is 0 Å². The Hall–Kier alpha value is -2.22. The molecule has 3 atom stereocenters. The number of aromatic nitrogens is 2. The topological polar surface area (TPSA) is 61.8 Å². The molecule has 3 saturated heterocycles. The molecule has 30 heavy (non-hydrogen) atoms. The van der Waals surface area contributed by atoms with Crippen LogP contribution in [0.2, 0.25) is 0 Å². The van der Waals surface area contributed by atoms with E-state index in [-0.39, 0.29) is 18.3 Å². The predicted molar refractivity (Wildman–Crippen MR) is 117 cm³/mol. The lowest BCUT2D eigenvalue weighted by molar-refractivity contribution is 0.0299. The normalized spacial score (nSPS) is 26.4. The van der Waals surface area contributed by atoms with Crippen LogP contribution in [0.3, 0.4) is 0 Å². The molecule has 3 fully saturated rings. The van der Waals surface area contributed by atoms with Gasteiger partial charge in [-0.1, -0.05) is 30.3 Å². The molecule has 0 saturated carbocycles. The van der Waals surface area contributed by atoms with E-state index in [1.54, 1.807) is 17.3 Å². The van der Waals surface area contributed by atoms with Crippen molar-refractivity contribution in [1.82, 2.24) is 19.8 Å². The molecule has 0 aliphatic carbocycles. The first-order chi connectivity index (χ1) is 14.2. The monoisotopic (exact) mass is 429 g/mol. The maximum atomic E-state index is 12.8. The van der Waals surface area contributed by atoms with Crippen LogP contribution in [0, 0.1) is 11.8 Å². The third-order valence-corrected chi connectivity index (χ3v) is 6.50. The average Bonchev–Trinajstić information content (AvgIpc) is 3.31. The molecule has 0 N–H and O–H groups in total. The number of hydrogen-bond donors (Lipinski definition) is 0. The maximum Gasteiger partial charge on any atom is 0.274 e. The Kier molecular flexibility index (Phi) is 6.22. The fourth-order valence-corrected chi connectivity index (χ4v) is 5.14. The SMILES string of the molecule is CN1C[C@H]2CN(c3cncc(C(=O)N4CCOCC4)n3)C[C@H]2[C@@H]1c1ccccc1.Cl. The van der Waals surface area contributed by atoms with Gasteiger partial charge in [0.2, 0.25) is 0 Å². The second-order valence-electron chi connectivity index (χ2n) is 8.29. The van der Waals surface area contributed by atoms with Crippen LogP contribution >= 0.6 is 12.4 Å². The molecule has 0 bridgehead atoms. The summed E-state index contributed by atoms with van der Waals surface area (Å²) in [4.78, 5) is 28.4. The molecule has 3 aliphatic heterocycles. The van der Waals surface area contributed by atoms with E-state index in [9.17, 15) is 4.79 Å². The summed E-state index contributed by atoms with van der Waals surface area (Å²) < 4.78 is 5.35. The second kappa shape index (κ2) is 8.88. The van der Waals surface area contributed by atoms with Crippen molar-refractivity contribution in [2.24, 2.45) is 11.8 Å². The van der Waals surface area contributed by atoms with Crippen LogP contribution < -0.4 is 4.90 Å². The van der Waals surface area contributed by atoms with Crippen LogP contribution in [0.1, 0.15) is 22.1 Å². The third-order valence-electron chi connectivity index (χ3n) is 6.50. The van der Waals surface area contributed by atoms with Crippen molar-refractivity contribution in [3.63, 3.8) is 0 Å². The summed E-state index contributed by atoms with van der Waals surface area (Å²) in [5, 5.41) is 0. The van der Waals surface area contributed by atoms with Crippen molar-refractivity contribution in [3.05, 3.63) is 54.0 Å². The van der Waals surface area contributed by atoms with Gasteiger partial charge in [-0.15, -0.1) is 12.4 Å². The van der Waals surface area contributed by atoms with Gasteiger partial charge in [0.15, 0.2) is 0 Å². The van der Waals surface area contributed by atoms with Gasteiger partial charge in [-0.05, 0) is 18.5 Å². The van der Waals surface area contributed by atoms with Crippen molar-refractivity contribution < 1.29 is 9.53 Å². The molecule has 3 aliphatic rings. The molecule has 2 aromatic rings. The summed E-state index contributed by atoms with van der Waals surface area (Å²) in [5.74, 6) is 1.92. The van der Waals surface area contributed by atoms with Gasteiger partial charge in [-0.2, -0.15) is 0 Å². The zero-order valence-corrected chi connectivity index (χ0v) is 18.0. The van der Waals surface area contributed by atoms with Crippen LogP contribution in [0.15, 0.2) is 42.7 Å². The number of nitrogens with zero attached hydrogens (tertiary/aromatic N) is 5. The zero-order valence-electron chi connectivity index (χ0n) is 17.2. The van der Waals surface area contributed by atoms with Gasteiger partial charge in [0, 0.05) is 44.7 Å². The quantitative estimate of drug-likeness (QED) is 0.744. The third kappa shape index (κ3) is 3.89. The van der Waals surface area contributed by atoms with Gasteiger partial charge in [-0.25, -0.2) is 4.98 Å². The van der Waals surface area contributed by atoms with Gasteiger partial charge in [0.25, 0.3) is 5.91 Å². The average molecular weight is 430 g/mol. The number of benzene rings is 1. The minimum absolute atomic E-state index is 0. The van der Waals surface area contributed by atoms with Gasteiger partial charge in [0.1, 0.15) is 11.5 Å². The Bertz CT molecular complexity index is 877. The Morgan fingerprint density at radius 3 is 2.60 bits per heavy atom. The molecule has 8 heteroatoms. The van der Waals surface area contributed by atoms with E-state index in [0.29, 0.717) is 49.9 Å². The molecule has 1 amide bonds. The Morgan fingerprint density at radius 2 is 1.83 bits per heavy atom. The predicted octanol–water partition coefficient (Wildman–Crippen LogP) is 2.11. The summed E-state index contributed by atoms with van der Waals surface area (Å²) in [7, 11) is 2.22. The fraction of sp³-hybridized carbons (Fsp3) is 0.500. The van der Waals surface area contributed by atoms with Crippen molar-refractivity contribution in [2.75, 3.05) is 57.9 Å². The molecule has 0 spiro atoms. The van der Waals surface area contributed by atoms with E-state index in [0.717, 1.165) is 25.5 Å². The molecular weight excluding hydrogens is 402 g/mol. The van der Waals surface area contributed by atoms with Crippen molar-refractivity contribution in [3.8, 4) is 0 Å². The lowest BCUT2D eigenvalue weighted by Crippen LogP contribution is -2.41. The lowest BCUT2D eigenvalue weighted by Gasteiger charge is -2.28. The van der Waals surface area contributed by atoms with Gasteiger partial charge >= 0.3 is 0 Å². The van der Waals surface area contributed by atoms with E-state index in [4.69, 9.17) is 9.72 Å². The minimum atomic E-state index is -0.0519. The summed E-state index contributed by atoms with van der Waals surface area (Å²) in [6, 6.07) is 11.2. The van der Waals surface area contributed by atoms with Crippen molar-refractivity contribution in [2.45, 2.75) is 6.04 Å². The summed E-state index contributed by atoms with van der Waals surface area (Å²) in [6.45, 7) is 5.39. The summed E-state index contributed by atoms with van der Waals surface area (Å²) >= 11 is 0. The lowest BCUT2D eigenvalue weighted by atomic mass is 9.90. The molecule has 1 aromatic heterocycles. The molecule has 5 rings (SSSR count). The van der Waals surface area contributed by atoms with Crippen molar-refractivity contribution >= 4 is 24.1 Å². The van der Waals surface area contributed by atoms with Crippen LogP contribution in [0.4, 0.5) is 5.82 Å². The van der Waals surface area contributed by atoms with E-state index in [1.807, 2.05) is 0 Å². The Morgan fingerprint density at radius 1 is 1.07 bits per heavy atom. The highest BCUT2D eigenvalue weighted by Gasteiger charge is 2.46. The molecule has 0 unspecified atom stereocenters. The zero-order chi connectivity index (χ0) is 19.8. The minimum Gasteiger partial charge on any atom is -0.378 e.